The van der Waals surface area contributed by atoms with Crippen LogP contribution in [0.1, 0.15) is 24.1 Å². The van der Waals surface area contributed by atoms with Crippen molar-refractivity contribution in [3.05, 3.63) is 57.0 Å². The highest BCUT2D eigenvalue weighted by atomic mass is 35.5. The molecule has 18 heavy (non-hydrogen) atoms. The summed E-state index contributed by atoms with van der Waals surface area (Å²) in [5.41, 5.74) is 2.27. The number of nitrogens with one attached hydrogen (secondary N) is 1. The Balaban J connectivity index is 1.89. The minimum absolute atomic E-state index is 0.122. The van der Waals surface area contributed by atoms with Crippen LogP contribution >= 0.6 is 22.9 Å². The monoisotopic (exact) mass is 283 g/mol. The molecule has 0 aliphatic rings. The van der Waals surface area contributed by atoms with Crippen LogP contribution in [0.2, 0.25) is 5.02 Å². The fourth-order valence-corrected chi connectivity index (χ4v) is 2.86. The quantitative estimate of drug-likeness (QED) is 0.856. The van der Waals surface area contributed by atoms with Crippen LogP contribution < -0.4 is 5.32 Å². The van der Waals surface area contributed by atoms with Crippen LogP contribution in [0.25, 0.3) is 0 Å². The molecule has 0 saturated heterocycles. The molecule has 0 amide bonds. The predicted octanol–water partition coefficient (Wildman–Crippen LogP) is 4.43. The molecule has 1 atom stereocenters. The van der Waals surface area contributed by atoms with Crippen molar-refractivity contribution in [3.8, 4) is 0 Å². The first-order chi connectivity index (χ1) is 8.66. The van der Waals surface area contributed by atoms with Crippen molar-refractivity contribution in [2.75, 3.05) is 6.54 Å². The zero-order chi connectivity index (χ0) is 13.0. The summed E-state index contributed by atoms with van der Waals surface area (Å²) >= 11 is 7.73. The maximum Gasteiger partial charge on any atom is 0.124 e. The summed E-state index contributed by atoms with van der Waals surface area (Å²) in [6, 6.07) is 6.78. The molecule has 96 valence electrons. The topological polar surface area (TPSA) is 12.0 Å². The van der Waals surface area contributed by atoms with E-state index in [-0.39, 0.29) is 11.9 Å². The molecule has 0 fully saturated rings. The molecule has 1 aromatic carbocycles. The van der Waals surface area contributed by atoms with Crippen LogP contribution in [0.15, 0.2) is 35.0 Å². The van der Waals surface area contributed by atoms with Gasteiger partial charge in [-0.25, -0.2) is 4.39 Å². The van der Waals surface area contributed by atoms with Crippen molar-refractivity contribution in [1.29, 1.82) is 0 Å². The van der Waals surface area contributed by atoms with Crippen molar-refractivity contribution in [1.82, 2.24) is 5.32 Å². The van der Waals surface area contributed by atoms with E-state index in [0.29, 0.717) is 5.02 Å². The van der Waals surface area contributed by atoms with Crippen molar-refractivity contribution in [2.24, 2.45) is 0 Å². The highest BCUT2D eigenvalue weighted by Crippen LogP contribution is 2.23. The van der Waals surface area contributed by atoms with Gasteiger partial charge in [-0.3, -0.25) is 0 Å². The Kier molecular flexibility index (Phi) is 4.75. The SMILES string of the molecule is CC(NCCc1ccsc1)c1ccc(F)cc1Cl. The maximum atomic E-state index is 12.9. The van der Waals surface area contributed by atoms with E-state index in [4.69, 9.17) is 11.6 Å². The van der Waals surface area contributed by atoms with E-state index in [1.807, 2.05) is 6.92 Å². The lowest BCUT2D eigenvalue weighted by molar-refractivity contribution is 0.574. The first-order valence-corrected chi connectivity index (χ1v) is 7.18. The summed E-state index contributed by atoms with van der Waals surface area (Å²) in [6.07, 6.45) is 0.993. The third-order valence-corrected chi connectivity index (χ3v) is 3.93. The Labute approximate surface area is 116 Å². The van der Waals surface area contributed by atoms with Gasteiger partial charge in [0, 0.05) is 11.1 Å². The molecule has 0 radical (unpaired) electrons. The molecule has 0 bridgehead atoms. The van der Waals surface area contributed by atoms with Crippen molar-refractivity contribution < 1.29 is 4.39 Å². The minimum atomic E-state index is -0.297. The molecule has 1 N–H and O–H groups in total. The molecule has 0 aliphatic carbocycles. The molecule has 1 unspecified atom stereocenters. The van der Waals surface area contributed by atoms with Gasteiger partial charge in [-0.1, -0.05) is 17.7 Å². The van der Waals surface area contributed by atoms with E-state index in [9.17, 15) is 4.39 Å². The largest absolute Gasteiger partial charge is 0.310 e. The average Bonchev–Trinajstić information content (AvgIpc) is 2.81. The normalized spacial score (nSPS) is 12.6. The summed E-state index contributed by atoms with van der Waals surface area (Å²) < 4.78 is 12.9. The van der Waals surface area contributed by atoms with Gasteiger partial charge in [0.05, 0.1) is 0 Å². The molecule has 2 rings (SSSR count). The lowest BCUT2D eigenvalue weighted by Gasteiger charge is -2.15. The van der Waals surface area contributed by atoms with E-state index in [1.54, 1.807) is 17.4 Å². The fourth-order valence-electron chi connectivity index (χ4n) is 1.83. The average molecular weight is 284 g/mol. The Morgan fingerprint density at radius 2 is 2.22 bits per heavy atom. The molecule has 1 heterocycles. The van der Waals surface area contributed by atoms with Gasteiger partial charge in [-0.15, -0.1) is 0 Å². The zero-order valence-corrected chi connectivity index (χ0v) is 11.7. The number of halogens is 2. The fraction of sp³-hybridized carbons (Fsp3) is 0.286. The van der Waals surface area contributed by atoms with Crippen LogP contribution in [-0.2, 0) is 6.42 Å². The van der Waals surface area contributed by atoms with Crippen LogP contribution in [-0.4, -0.2) is 6.54 Å². The van der Waals surface area contributed by atoms with Gasteiger partial charge in [0.25, 0.3) is 0 Å². The first kappa shape index (κ1) is 13.5. The van der Waals surface area contributed by atoms with Gasteiger partial charge in [0.15, 0.2) is 0 Å². The molecule has 2 aromatic rings. The van der Waals surface area contributed by atoms with Gasteiger partial charge in [-0.2, -0.15) is 11.3 Å². The first-order valence-electron chi connectivity index (χ1n) is 5.86. The number of rotatable bonds is 5. The van der Waals surface area contributed by atoms with Crippen molar-refractivity contribution >= 4 is 22.9 Å². The molecule has 1 aromatic heterocycles. The Hall–Kier alpha value is -0.900. The Bertz CT molecular complexity index is 499. The van der Waals surface area contributed by atoms with E-state index in [0.717, 1.165) is 18.5 Å². The predicted molar refractivity (Wildman–Crippen MR) is 75.9 cm³/mol. The van der Waals surface area contributed by atoms with Crippen molar-refractivity contribution in [3.63, 3.8) is 0 Å². The standard InChI is InChI=1S/C14H15ClFNS/c1-10(13-3-2-12(16)8-14(13)15)17-6-4-11-5-7-18-9-11/h2-3,5,7-10,17H,4,6H2,1H3. The molecule has 0 aliphatic heterocycles. The third-order valence-electron chi connectivity index (χ3n) is 2.87. The van der Waals surface area contributed by atoms with Gasteiger partial charge >= 0.3 is 0 Å². The van der Waals surface area contributed by atoms with E-state index >= 15 is 0 Å². The van der Waals surface area contributed by atoms with Crippen LogP contribution in [0.3, 0.4) is 0 Å². The van der Waals surface area contributed by atoms with Gasteiger partial charge in [0.1, 0.15) is 5.82 Å². The maximum absolute atomic E-state index is 12.9. The summed E-state index contributed by atoms with van der Waals surface area (Å²) in [7, 11) is 0. The summed E-state index contributed by atoms with van der Waals surface area (Å²) in [4.78, 5) is 0. The lowest BCUT2D eigenvalue weighted by Crippen LogP contribution is -2.21. The van der Waals surface area contributed by atoms with Crippen LogP contribution in [0, 0.1) is 5.82 Å². The van der Waals surface area contributed by atoms with Gasteiger partial charge in [-0.05, 0) is 60.0 Å². The zero-order valence-electron chi connectivity index (χ0n) is 10.1. The summed E-state index contributed by atoms with van der Waals surface area (Å²) in [5, 5.41) is 8.10. The molecular weight excluding hydrogens is 269 g/mol. The molecule has 0 spiro atoms. The Morgan fingerprint density at radius 3 is 2.89 bits per heavy atom. The van der Waals surface area contributed by atoms with E-state index < -0.39 is 0 Å². The number of hydrogen-bond donors (Lipinski definition) is 1. The minimum Gasteiger partial charge on any atom is -0.310 e. The highest BCUT2D eigenvalue weighted by molar-refractivity contribution is 7.07. The number of thiophene rings is 1. The van der Waals surface area contributed by atoms with E-state index in [1.165, 1.54) is 17.7 Å². The second-order valence-corrected chi connectivity index (χ2v) is 5.41. The molecular formula is C14H15ClFNS. The van der Waals surface area contributed by atoms with Gasteiger partial charge < -0.3 is 5.32 Å². The van der Waals surface area contributed by atoms with Gasteiger partial charge in [0.2, 0.25) is 0 Å². The Morgan fingerprint density at radius 1 is 1.39 bits per heavy atom. The number of benzene rings is 1. The second-order valence-electron chi connectivity index (χ2n) is 4.22. The third kappa shape index (κ3) is 3.55. The molecule has 1 nitrogen and oxygen atoms in total. The molecule has 4 heteroatoms. The van der Waals surface area contributed by atoms with Crippen LogP contribution in [0.4, 0.5) is 4.39 Å². The van der Waals surface area contributed by atoms with E-state index in [2.05, 4.69) is 22.1 Å². The molecule has 0 saturated carbocycles. The smallest absolute Gasteiger partial charge is 0.124 e. The summed E-state index contributed by atoms with van der Waals surface area (Å²) in [5.74, 6) is -0.297. The number of hydrogen-bond acceptors (Lipinski definition) is 2. The van der Waals surface area contributed by atoms with Crippen molar-refractivity contribution in [2.45, 2.75) is 19.4 Å². The van der Waals surface area contributed by atoms with Crippen LogP contribution in [0.5, 0.6) is 0 Å². The summed E-state index contributed by atoms with van der Waals surface area (Å²) in [6.45, 7) is 2.92. The highest BCUT2D eigenvalue weighted by Gasteiger charge is 2.09. The lowest BCUT2D eigenvalue weighted by atomic mass is 10.1. The second kappa shape index (κ2) is 6.32.